The fraction of sp³-hybridized carbons (Fsp3) is 0.100. The maximum atomic E-state index is 5.45. The summed E-state index contributed by atoms with van der Waals surface area (Å²) in [7, 11) is 0. The molecule has 0 fully saturated rings. The zero-order chi connectivity index (χ0) is 11.0. The highest BCUT2D eigenvalue weighted by atomic mass is 32.2. The molecule has 3 aromatic rings. The van der Waals surface area contributed by atoms with Crippen LogP contribution in [0.5, 0.6) is 0 Å². The Morgan fingerprint density at radius 2 is 2.12 bits per heavy atom. The number of hydrogen-bond acceptors (Lipinski definition) is 5. The molecule has 0 aliphatic rings. The molecule has 0 amide bonds. The molecule has 2 heterocycles. The predicted molar refractivity (Wildman–Crippen MR) is 60.7 cm³/mol. The number of thioether (sulfide) groups is 1. The predicted octanol–water partition coefficient (Wildman–Crippen LogP) is 2.13. The standard InChI is InChI=1S/C10H8N4OS/c1-16-10-13-12-9(15-10)14-6-11-7-4-2-3-5-8(7)14/h2-6H,1H3. The van der Waals surface area contributed by atoms with E-state index in [-0.39, 0.29) is 0 Å². The average Bonchev–Trinajstić information content (AvgIpc) is 2.94. The van der Waals surface area contributed by atoms with E-state index in [1.54, 1.807) is 10.9 Å². The third kappa shape index (κ3) is 1.38. The number of hydrogen-bond donors (Lipinski definition) is 0. The lowest BCUT2D eigenvalue weighted by Gasteiger charge is -1.95. The molecular weight excluding hydrogens is 224 g/mol. The Labute approximate surface area is 95.5 Å². The highest BCUT2D eigenvalue weighted by molar-refractivity contribution is 7.98. The SMILES string of the molecule is CSc1nnc(-n2cnc3ccccc32)o1. The van der Waals surface area contributed by atoms with Crippen LogP contribution in [-0.4, -0.2) is 26.0 Å². The Morgan fingerprint density at radius 3 is 2.94 bits per heavy atom. The molecule has 3 rings (SSSR count). The zero-order valence-corrected chi connectivity index (χ0v) is 9.31. The van der Waals surface area contributed by atoms with Gasteiger partial charge in [0.15, 0.2) is 0 Å². The van der Waals surface area contributed by atoms with E-state index in [0.29, 0.717) is 11.2 Å². The van der Waals surface area contributed by atoms with Gasteiger partial charge < -0.3 is 4.42 Å². The Kier molecular flexibility index (Phi) is 2.14. The first-order valence-electron chi connectivity index (χ1n) is 4.68. The maximum Gasteiger partial charge on any atom is 0.329 e. The van der Waals surface area contributed by atoms with Crippen molar-refractivity contribution in [1.29, 1.82) is 0 Å². The van der Waals surface area contributed by atoms with Crippen molar-refractivity contribution >= 4 is 22.8 Å². The van der Waals surface area contributed by atoms with Gasteiger partial charge in [-0.1, -0.05) is 34.1 Å². The summed E-state index contributed by atoms with van der Waals surface area (Å²) in [6.07, 6.45) is 3.57. The van der Waals surface area contributed by atoms with Gasteiger partial charge in [0.1, 0.15) is 6.33 Å². The van der Waals surface area contributed by atoms with Crippen molar-refractivity contribution in [3.8, 4) is 6.01 Å². The molecule has 0 unspecified atom stereocenters. The van der Waals surface area contributed by atoms with E-state index >= 15 is 0 Å². The molecule has 6 heteroatoms. The molecule has 0 N–H and O–H groups in total. The van der Waals surface area contributed by atoms with Crippen LogP contribution < -0.4 is 0 Å². The lowest BCUT2D eigenvalue weighted by molar-refractivity contribution is 0.440. The molecule has 80 valence electrons. The van der Waals surface area contributed by atoms with E-state index in [1.807, 2.05) is 30.5 Å². The highest BCUT2D eigenvalue weighted by Gasteiger charge is 2.10. The van der Waals surface area contributed by atoms with Crippen molar-refractivity contribution in [2.24, 2.45) is 0 Å². The summed E-state index contributed by atoms with van der Waals surface area (Å²) in [6.45, 7) is 0. The van der Waals surface area contributed by atoms with Gasteiger partial charge in [-0.3, -0.25) is 4.57 Å². The van der Waals surface area contributed by atoms with Crippen LogP contribution in [0.3, 0.4) is 0 Å². The summed E-state index contributed by atoms with van der Waals surface area (Å²) in [5, 5.41) is 8.41. The monoisotopic (exact) mass is 232 g/mol. The van der Waals surface area contributed by atoms with Crippen LogP contribution in [0.1, 0.15) is 0 Å². The molecule has 2 aromatic heterocycles. The van der Waals surface area contributed by atoms with Gasteiger partial charge in [0.2, 0.25) is 0 Å². The van der Waals surface area contributed by atoms with E-state index in [0.717, 1.165) is 11.0 Å². The van der Waals surface area contributed by atoms with Crippen molar-refractivity contribution in [3.63, 3.8) is 0 Å². The lowest BCUT2D eigenvalue weighted by Crippen LogP contribution is -1.91. The number of fused-ring (bicyclic) bond motifs is 1. The summed E-state index contributed by atoms with van der Waals surface area (Å²) in [6, 6.07) is 8.24. The van der Waals surface area contributed by atoms with Crippen molar-refractivity contribution in [1.82, 2.24) is 19.7 Å². The Balaban J connectivity index is 2.18. The highest BCUT2D eigenvalue weighted by Crippen LogP contribution is 2.19. The summed E-state index contributed by atoms with van der Waals surface area (Å²) >= 11 is 1.42. The van der Waals surface area contributed by atoms with Crippen LogP contribution in [0.25, 0.3) is 17.0 Å². The minimum absolute atomic E-state index is 0.443. The summed E-state index contributed by atoms with van der Waals surface area (Å²) in [5.41, 5.74) is 1.87. The van der Waals surface area contributed by atoms with Gasteiger partial charge in [0.25, 0.3) is 5.22 Å². The average molecular weight is 232 g/mol. The summed E-state index contributed by atoms with van der Waals surface area (Å²) < 4.78 is 7.23. The molecule has 0 atom stereocenters. The van der Waals surface area contributed by atoms with Gasteiger partial charge in [0.05, 0.1) is 11.0 Å². The van der Waals surface area contributed by atoms with Gasteiger partial charge in [-0.2, -0.15) is 0 Å². The smallest absolute Gasteiger partial charge is 0.329 e. The summed E-state index contributed by atoms with van der Waals surface area (Å²) in [4.78, 5) is 4.26. The number of rotatable bonds is 2. The Bertz CT molecular complexity index is 630. The molecule has 0 aliphatic heterocycles. The second kappa shape index (κ2) is 3.64. The van der Waals surface area contributed by atoms with Gasteiger partial charge in [-0.25, -0.2) is 4.98 Å². The van der Waals surface area contributed by atoms with Crippen molar-refractivity contribution < 1.29 is 4.42 Å². The molecule has 0 bridgehead atoms. The van der Waals surface area contributed by atoms with Crippen molar-refractivity contribution in [2.75, 3.05) is 6.26 Å². The van der Waals surface area contributed by atoms with Crippen LogP contribution in [0.15, 0.2) is 40.2 Å². The zero-order valence-electron chi connectivity index (χ0n) is 8.49. The van der Waals surface area contributed by atoms with Crippen molar-refractivity contribution in [2.45, 2.75) is 5.22 Å². The first-order chi connectivity index (χ1) is 7.88. The van der Waals surface area contributed by atoms with Gasteiger partial charge in [0, 0.05) is 0 Å². The normalized spacial score (nSPS) is 11.1. The molecule has 0 spiro atoms. The molecule has 0 radical (unpaired) electrons. The van der Waals surface area contributed by atoms with Gasteiger partial charge in [-0.05, 0) is 18.4 Å². The van der Waals surface area contributed by atoms with E-state index < -0.39 is 0 Å². The molecule has 1 aromatic carbocycles. The Morgan fingerprint density at radius 1 is 1.25 bits per heavy atom. The fourth-order valence-electron chi connectivity index (χ4n) is 1.49. The van der Waals surface area contributed by atoms with Crippen LogP contribution in [0, 0.1) is 0 Å². The minimum atomic E-state index is 0.443. The first kappa shape index (κ1) is 9.41. The van der Waals surface area contributed by atoms with Gasteiger partial charge >= 0.3 is 6.01 Å². The molecule has 0 aliphatic carbocycles. The molecular formula is C10H8N4OS. The van der Waals surface area contributed by atoms with Crippen LogP contribution in [0.2, 0.25) is 0 Å². The maximum absolute atomic E-state index is 5.45. The molecule has 5 nitrogen and oxygen atoms in total. The molecule has 0 saturated carbocycles. The van der Waals surface area contributed by atoms with Crippen LogP contribution in [-0.2, 0) is 0 Å². The third-order valence-electron chi connectivity index (χ3n) is 2.23. The fourth-order valence-corrected chi connectivity index (χ4v) is 1.77. The quantitative estimate of drug-likeness (QED) is 0.633. The van der Waals surface area contributed by atoms with E-state index in [9.17, 15) is 0 Å². The van der Waals surface area contributed by atoms with E-state index in [1.165, 1.54) is 11.8 Å². The lowest BCUT2D eigenvalue weighted by atomic mass is 10.3. The van der Waals surface area contributed by atoms with E-state index in [4.69, 9.17) is 4.42 Å². The van der Waals surface area contributed by atoms with Crippen LogP contribution >= 0.6 is 11.8 Å². The second-order valence-corrected chi connectivity index (χ2v) is 3.92. The topological polar surface area (TPSA) is 56.7 Å². The number of benzene rings is 1. The summed E-state index contributed by atoms with van der Waals surface area (Å²) in [5.74, 6) is 0. The largest absolute Gasteiger partial charge is 0.397 e. The second-order valence-electron chi connectivity index (χ2n) is 3.16. The van der Waals surface area contributed by atoms with Crippen molar-refractivity contribution in [3.05, 3.63) is 30.6 Å². The number of aromatic nitrogens is 4. The third-order valence-corrected chi connectivity index (χ3v) is 2.74. The minimum Gasteiger partial charge on any atom is -0.397 e. The molecule has 16 heavy (non-hydrogen) atoms. The number of para-hydroxylation sites is 2. The molecule has 0 saturated heterocycles. The van der Waals surface area contributed by atoms with Crippen LogP contribution in [0.4, 0.5) is 0 Å². The van der Waals surface area contributed by atoms with E-state index in [2.05, 4.69) is 15.2 Å². The number of nitrogens with zero attached hydrogens (tertiary/aromatic N) is 4. The Hall–Kier alpha value is -1.82. The van der Waals surface area contributed by atoms with Gasteiger partial charge in [-0.15, -0.1) is 0 Å². The number of imidazole rings is 1. The first-order valence-corrected chi connectivity index (χ1v) is 5.91.